The Kier molecular flexibility index (Phi) is 6.31. The Hall–Kier alpha value is -3.28. The molecule has 0 radical (unpaired) electrons. The van der Waals surface area contributed by atoms with E-state index in [1.165, 1.54) is 0 Å². The fourth-order valence-corrected chi connectivity index (χ4v) is 4.36. The molecule has 0 aliphatic carbocycles. The van der Waals surface area contributed by atoms with Gasteiger partial charge in [-0.1, -0.05) is 53.0 Å². The molecule has 0 N–H and O–H groups in total. The number of carbonyl (C=O) groups is 1. The Labute approximate surface area is 207 Å². The largest absolute Gasteiger partial charge is 0.454 e. The van der Waals surface area contributed by atoms with Gasteiger partial charge in [-0.15, -0.1) is 0 Å². The average Bonchev–Trinajstić information content (AvgIpc) is 3.28. The van der Waals surface area contributed by atoms with Crippen LogP contribution in [0.4, 0.5) is 0 Å². The van der Waals surface area contributed by atoms with E-state index in [-0.39, 0.29) is 12.7 Å². The van der Waals surface area contributed by atoms with Crippen molar-refractivity contribution in [3.63, 3.8) is 0 Å². The molecule has 1 aliphatic heterocycles. The lowest BCUT2D eigenvalue weighted by Crippen LogP contribution is -2.32. The minimum absolute atomic E-state index is 0.0560. The highest BCUT2D eigenvalue weighted by molar-refractivity contribution is 6.31. The molecule has 0 unspecified atom stereocenters. The highest BCUT2D eigenvalue weighted by Gasteiger charge is 2.20. The molecule has 4 aromatic rings. The molecule has 5 nitrogen and oxygen atoms in total. The van der Waals surface area contributed by atoms with E-state index in [0.29, 0.717) is 46.7 Å². The third kappa shape index (κ3) is 4.81. The highest BCUT2D eigenvalue weighted by atomic mass is 35.5. The molecule has 7 heteroatoms. The Morgan fingerprint density at radius 1 is 1.00 bits per heavy atom. The molecule has 0 fully saturated rings. The molecular weight excluding hydrogens is 471 g/mol. The number of fused-ring (bicyclic) bond motifs is 2. The van der Waals surface area contributed by atoms with Gasteiger partial charge in [0.15, 0.2) is 11.5 Å². The lowest BCUT2D eigenvalue weighted by atomic mass is 10.1. The molecular formula is C27H22Cl2N2O3. The van der Waals surface area contributed by atoms with Gasteiger partial charge < -0.3 is 14.4 Å². The van der Waals surface area contributed by atoms with Crippen LogP contribution in [0.25, 0.3) is 10.9 Å². The number of carbonyl (C=O) groups excluding carboxylic acids is 1. The summed E-state index contributed by atoms with van der Waals surface area (Å²) in [4.78, 5) is 19.9. The first-order chi connectivity index (χ1) is 16.5. The third-order valence-corrected chi connectivity index (χ3v) is 6.41. The highest BCUT2D eigenvalue weighted by Crippen LogP contribution is 2.36. The zero-order valence-corrected chi connectivity index (χ0v) is 20.1. The van der Waals surface area contributed by atoms with Crippen molar-refractivity contribution in [2.24, 2.45) is 0 Å². The maximum atomic E-state index is 13.5. The SMILES string of the molecule is Cc1cccc(C(=O)N(CCc2ccc(Cl)cc2)Cc2cc3cc4c(cc3nc2Cl)OCO4)c1. The zero-order chi connectivity index (χ0) is 23.7. The quantitative estimate of drug-likeness (QED) is 0.289. The van der Waals surface area contributed by atoms with Crippen LogP contribution in [0, 0.1) is 6.92 Å². The summed E-state index contributed by atoms with van der Waals surface area (Å²) in [5, 5.41) is 1.93. The monoisotopic (exact) mass is 492 g/mol. The van der Waals surface area contributed by atoms with E-state index in [1.54, 1.807) is 0 Å². The van der Waals surface area contributed by atoms with Crippen LogP contribution in [0.3, 0.4) is 0 Å². The number of rotatable bonds is 6. The summed E-state index contributed by atoms with van der Waals surface area (Å²) in [5.74, 6) is 1.28. The fourth-order valence-electron chi connectivity index (χ4n) is 4.03. The van der Waals surface area contributed by atoms with Gasteiger partial charge in [0.25, 0.3) is 5.91 Å². The molecule has 172 valence electrons. The van der Waals surface area contributed by atoms with Crippen molar-refractivity contribution >= 4 is 40.0 Å². The molecule has 0 bridgehead atoms. The van der Waals surface area contributed by atoms with Crippen molar-refractivity contribution in [2.45, 2.75) is 19.9 Å². The summed E-state index contributed by atoms with van der Waals surface area (Å²) in [6.07, 6.45) is 0.687. The standard InChI is InChI=1S/C27H22Cl2N2O3/c1-17-3-2-4-19(11-17)27(32)31(10-9-18-5-7-22(28)8-6-18)15-21-12-20-13-24-25(34-16-33-24)14-23(20)30-26(21)29/h2-8,11-14H,9-10,15-16H2,1H3. The number of halogens is 2. The molecule has 1 aromatic heterocycles. The summed E-state index contributed by atoms with van der Waals surface area (Å²) >= 11 is 12.6. The van der Waals surface area contributed by atoms with Gasteiger partial charge in [-0.3, -0.25) is 4.79 Å². The van der Waals surface area contributed by atoms with Gasteiger partial charge in [0, 0.05) is 40.7 Å². The van der Waals surface area contributed by atoms with Crippen LogP contribution in [0.1, 0.15) is 27.0 Å². The summed E-state index contributed by atoms with van der Waals surface area (Å²) in [6.45, 7) is 3.01. The van der Waals surface area contributed by atoms with Gasteiger partial charge in [0.2, 0.25) is 6.79 Å². The molecule has 3 aromatic carbocycles. The summed E-state index contributed by atoms with van der Waals surface area (Å²) in [7, 11) is 0. The van der Waals surface area contributed by atoms with Crippen molar-refractivity contribution < 1.29 is 14.3 Å². The predicted octanol–water partition coefficient (Wildman–Crippen LogP) is 6.46. The van der Waals surface area contributed by atoms with Crippen LogP contribution in [-0.4, -0.2) is 29.1 Å². The van der Waals surface area contributed by atoms with Crippen LogP contribution in [-0.2, 0) is 13.0 Å². The van der Waals surface area contributed by atoms with Gasteiger partial charge in [-0.2, -0.15) is 0 Å². The Morgan fingerprint density at radius 3 is 2.53 bits per heavy atom. The molecule has 0 spiro atoms. The van der Waals surface area contributed by atoms with Crippen molar-refractivity contribution in [2.75, 3.05) is 13.3 Å². The summed E-state index contributed by atoms with van der Waals surface area (Å²) in [6, 6.07) is 21.0. The Morgan fingerprint density at radius 2 is 1.76 bits per heavy atom. The second-order valence-electron chi connectivity index (χ2n) is 8.31. The number of hydrogen-bond acceptors (Lipinski definition) is 4. The summed E-state index contributed by atoms with van der Waals surface area (Å²) in [5.41, 5.74) is 4.26. The van der Waals surface area contributed by atoms with E-state index in [4.69, 9.17) is 32.7 Å². The van der Waals surface area contributed by atoms with Crippen LogP contribution in [0.15, 0.2) is 66.7 Å². The number of pyridine rings is 1. The maximum absolute atomic E-state index is 13.5. The predicted molar refractivity (Wildman–Crippen MR) is 134 cm³/mol. The first-order valence-electron chi connectivity index (χ1n) is 11.0. The molecule has 0 saturated heterocycles. The lowest BCUT2D eigenvalue weighted by molar-refractivity contribution is 0.0745. The van der Waals surface area contributed by atoms with Crippen molar-refractivity contribution in [3.05, 3.63) is 99.2 Å². The maximum Gasteiger partial charge on any atom is 0.254 e. The van der Waals surface area contributed by atoms with Crippen molar-refractivity contribution in [3.8, 4) is 11.5 Å². The topological polar surface area (TPSA) is 51.7 Å². The van der Waals surface area contributed by atoms with Gasteiger partial charge in [0.05, 0.1) is 5.52 Å². The number of aryl methyl sites for hydroxylation is 1. The van der Waals surface area contributed by atoms with Crippen molar-refractivity contribution in [1.29, 1.82) is 0 Å². The first kappa shape index (κ1) is 22.5. The smallest absolute Gasteiger partial charge is 0.254 e. The van der Waals surface area contributed by atoms with E-state index in [9.17, 15) is 4.79 Å². The number of nitrogens with zero attached hydrogens (tertiary/aromatic N) is 2. The Bertz CT molecular complexity index is 1370. The normalized spacial score (nSPS) is 12.2. The van der Waals surface area contributed by atoms with Gasteiger partial charge in [-0.05, 0) is 55.3 Å². The average molecular weight is 493 g/mol. The molecule has 34 heavy (non-hydrogen) atoms. The second-order valence-corrected chi connectivity index (χ2v) is 9.10. The fraction of sp³-hybridized carbons (Fsp3) is 0.185. The van der Waals surface area contributed by atoms with Crippen LogP contribution >= 0.6 is 23.2 Å². The molecule has 5 rings (SSSR count). The van der Waals surface area contributed by atoms with Crippen LogP contribution < -0.4 is 9.47 Å². The van der Waals surface area contributed by atoms with Gasteiger partial charge >= 0.3 is 0 Å². The minimum atomic E-state index is -0.0560. The first-order valence-corrected chi connectivity index (χ1v) is 11.7. The van der Waals surface area contributed by atoms with E-state index in [1.807, 2.05) is 78.6 Å². The van der Waals surface area contributed by atoms with E-state index in [2.05, 4.69) is 4.98 Å². The number of aromatic nitrogens is 1. The molecule has 1 aliphatic rings. The molecule has 0 atom stereocenters. The lowest BCUT2D eigenvalue weighted by Gasteiger charge is -2.24. The third-order valence-electron chi connectivity index (χ3n) is 5.83. The van der Waals surface area contributed by atoms with Crippen molar-refractivity contribution in [1.82, 2.24) is 9.88 Å². The van der Waals surface area contributed by atoms with E-state index < -0.39 is 0 Å². The Balaban J connectivity index is 1.46. The second kappa shape index (κ2) is 9.53. The zero-order valence-electron chi connectivity index (χ0n) is 18.6. The molecule has 1 amide bonds. The van der Waals surface area contributed by atoms with Gasteiger partial charge in [-0.25, -0.2) is 4.98 Å². The minimum Gasteiger partial charge on any atom is -0.454 e. The van der Waals surface area contributed by atoms with Crippen LogP contribution in [0.2, 0.25) is 10.2 Å². The van der Waals surface area contributed by atoms with E-state index in [0.717, 1.165) is 27.6 Å². The number of benzene rings is 3. The number of hydrogen-bond donors (Lipinski definition) is 0. The number of amides is 1. The number of ether oxygens (including phenoxy) is 2. The summed E-state index contributed by atoms with van der Waals surface area (Å²) < 4.78 is 11.0. The van der Waals surface area contributed by atoms with Crippen LogP contribution in [0.5, 0.6) is 11.5 Å². The van der Waals surface area contributed by atoms with E-state index >= 15 is 0 Å². The van der Waals surface area contributed by atoms with Gasteiger partial charge in [0.1, 0.15) is 5.15 Å². The molecule has 0 saturated carbocycles. The molecule has 2 heterocycles.